The number of carbonyl (C=O) groups excluding carboxylic acids is 1. The van der Waals surface area contributed by atoms with E-state index >= 15 is 0 Å². The van der Waals surface area contributed by atoms with Crippen LogP contribution in [0.15, 0.2) is 10.5 Å². The predicted molar refractivity (Wildman–Crippen MR) is 71.0 cm³/mol. The normalized spacial score (nSPS) is 10.8. The highest BCUT2D eigenvalue weighted by molar-refractivity contribution is 5.88. The summed E-state index contributed by atoms with van der Waals surface area (Å²) in [6, 6.07) is 1.48. The molecule has 0 aliphatic carbocycles. The molecule has 1 N–H and O–H groups in total. The quantitative estimate of drug-likeness (QED) is 0.860. The molecule has 0 bridgehead atoms. The Bertz CT molecular complexity index is 460. The number of aryl methyl sites for hydroxylation is 1. The van der Waals surface area contributed by atoms with Crippen LogP contribution in [0.4, 0.5) is 0 Å². The first-order valence-electron chi connectivity index (χ1n) is 6.48. The molecular formula is C14H21NO4. The van der Waals surface area contributed by atoms with E-state index in [1.807, 2.05) is 13.8 Å². The van der Waals surface area contributed by atoms with Gasteiger partial charge in [-0.2, -0.15) is 0 Å². The van der Waals surface area contributed by atoms with E-state index in [9.17, 15) is 9.59 Å². The summed E-state index contributed by atoms with van der Waals surface area (Å²) in [6.45, 7) is 5.87. The van der Waals surface area contributed by atoms with Crippen molar-refractivity contribution in [3.05, 3.63) is 23.2 Å². The lowest BCUT2D eigenvalue weighted by atomic mass is 10.0. The summed E-state index contributed by atoms with van der Waals surface area (Å²) in [5.74, 6) is -0.0695. The number of amides is 1. The van der Waals surface area contributed by atoms with Crippen LogP contribution in [0.25, 0.3) is 0 Å². The van der Waals surface area contributed by atoms with E-state index in [0.29, 0.717) is 18.1 Å². The van der Waals surface area contributed by atoms with Gasteiger partial charge in [0.2, 0.25) is 5.91 Å². The van der Waals surface area contributed by atoms with E-state index in [2.05, 4.69) is 0 Å². The lowest BCUT2D eigenvalue weighted by molar-refractivity contribution is -0.135. The van der Waals surface area contributed by atoms with Crippen molar-refractivity contribution in [1.29, 1.82) is 0 Å². The predicted octanol–water partition coefficient (Wildman–Crippen LogP) is 2.68. The fraction of sp³-hybridized carbons (Fsp3) is 0.571. The highest BCUT2D eigenvalue weighted by atomic mass is 16.4. The van der Waals surface area contributed by atoms with Crippen molar-refractivity contribution in [1.82, 2.24) is 4.90 Å². The van der Waals surface area contributed by atoms with Crippen LogP contribution in [0, 0.1) is 12.8 Å². The molecule has 1 aromatic rings. The Hall–Kier alpha value is -1.78. The molecule has 0 aromatic carbocycles. The molecule has 1 aromatic heterocycles. The third kappa shape index (κ3) is 3.59. The summed E-state index contributed by atoms with van der Waals surface area (Å²) in [4.78, 5) is 24.6. The van der Waals surface area contributed by atoms with Crippen LogP contribution in [0.5, 0.6) is 0 Å². The van der Waals surface area contributed by atoms with Crippen LogP contribution in [-0.2, 0) is 11.3 Å². The van der Waals surface area contributed by atoms with Crippen molar-refractivity contribution >= 4 is 11.9 Å². The highest BCUT2D eigenvalue weighted by Gasteiger charge is 2.21. The minimum absolute atomic E-state index is 0.0139. The molecule has 0 atom stereocenters. The average Bonchev–Trinajstić information content (AvgIpc) is 2.71. The number of carbonyl (C=O) groups is 2. The minimum atomic E-state index is -1.01. The van der Waals surface area contributed by atoms with Gasteiger partial charge in [0.05, 0.1) is 6.54 Å². The molecule has 0 spiro atoms. The Labute approximate surface area is 113 Å². The van der Waals surface area contributed by atoms with Gasteiger partial charge in [-0.3, -0.25) is 4.79 Å². The second-order valence-corrected chi connectivity index (χ2v) is 4.70. The summed E-state index contributed by atoms with van der Waals surface area (Å²) in [5, 5.41) is 8.95. The molecule has 0 saturated heterocycles. The Balaban J connectivity index is 2.77. The largest absolute Gasteiger partial charge is 0.478 e. The van der Waals surface area contributed by atoms with Gasteiger partial charge in [0.15, 0.2) is 0 Å². The van der Waals surface area contributed by atoms with Crippen LogP contribution in [0.1, 0.15) is 48.6 Å². The Morgan fingerprint density at radius 2 is 1.95 bits per heavy atom. The maximum absolute atomic E-state index is 12.1. The fourth-order valence-corrected chi connectivity index (χ4v) is 2.10. The van der Waals surface area contributed by atoms with Crippen LogP contribution < -0.4 is 0 Å². The molecule has 5 nitrogen and oxygen atoms in total. The van der Waals surface area contributed by atoms with Crippen LogP contribution in [0.3, 0.4) is 0 Å². The number of hydrogen-bond acceptors (Lipinski definition) is 3. The van der Waals surface area contributed by atoms with Gasteiger partial charge < -0.3 is 14.4 Å². The van der Waals surface area contributed by atoms with Gasteiger partial charge in [-0.25, -0.2) is 4.79 Å². The van der Waals surface area contributed by atoms with Gasteiger partial charge >= 0.3 is 5.97 Å². The van der Waals surface area contributed by atoms with Crippen molar-refractivity contribution in [2.24, 2.45) is 5.92 Å². The molecule has 0 radical (unpaired) electrons. The van der Waals surface area contributed by atoms with Crippen molar-refractivity contribution in [3.63, 3.8) is 0 Å². The van der Waals surface area contributed by atoms with Crippen LogP contribution in [0.2, 0.25) is 0 Å². The third-order valence-electron chi connectivity index (χ3n) is 3.30. The third-order valence-corrected chi connectivity index (χ3v) is 3.30. The van der Waals surface area contributed by atoms with E-state index in [0.717, 1.165) is 12.8 Å². The molecule has 19 heavy (non-hydrogen) atoms. The standard InChI is InChI=1S/C14H21NO4/c1-5-10(6-2)13(16)15(4)8-11-7-12(14(17)18)9(3)19-11/h7,10H,5-6,8H2,1-4H3,(H,17,18). The smallest absolute Gasteiger partial charge is 0.339 e. The van der Waals surface area contributed by atoms with E-state index in [4.69, 9.17) is 9.52 Å². The maximum atomic E-state index is 12.1. The molecule has 1 amide bonds. The molecular weight excluding hydrogens is 246 g/mol. The summed E-state index contributed by atoms with van der Waals surface area (Å²) in [6.07, 6.45) is 1.61. The lowest BCUT2D eigenvalue weighted by Crippen LogP contribution is -2.31. The molecule has 5 heteroatoms. The zero-order valence-corrected chi connectivity index (χ0v) is 11.9. The number of nitrogens with zero attached hydrogens (tertiary/aromatic N) is 1. The van der Waals surface area contributed by atoms with Crippen LogP contribution >= 0.6 is 0 Å². The first-order chi connectivity index (χ1) is 8.90. The van der Waals surface area contributed by atoms with Crippen molar-refractivity contribution in [2.75, 3.05) is 7.05 Å². The Morgan fingerprint density at radius 3 is 2.37 bits per heavy atom. The Morgan fingerprint density at radius 1 is 1.37 bits per heavy atom. The Kier molecular flexibility index (Phi) is 5.15. The highest BCUT2D eigenvalue weighted by Crippen LogP contribution is 2.18. The maximum Gasteiger partial charge on any atom is 0.339 e. The van der Waals surface area contributed by atoms with Gasteiger partial charge in [0.25, 0.3) is 0 Å². The number of carboxylic acids is 1. The molecule has 0 saturated carbocycles. The van der Waals surface area contributed by atoms with Crippen molar-refractivity contribution < 1.29 is 19.1 Å². The molecule has 0 aliphatic heterocycles. The van der Waals surface area contributed by atoms with Gasteiger partial charge in [-0.15, -0.1) is 0 Å². The second-order valence-electron chi connectivity index (χ2n) is 4.70. The number of rotatable bonds is 6. The van der Waals surface area contributed by atoms with Gasteiger partial charge in [0, 0.05) is 13.0 Å². The van der Waals surface area contributed by atoms with E-state index in [1.54, 1.807) is 18.9 Å². The minimum Gasteiger partial charge on any atom is -0.478 e. The van der Waals surface area contributed by atoms with Crippen LogP contribution in [-0.4, -0.2) is 28.9 Å². The summed E-state index contributed by atoms with van der Waals surface area (Å²) < 4.78 is 5.37. The van der Waals surface area contributed by atoms with Crippen molar-refractivity contribution in [2.45, 2.75) is 40.2 Å². The molecule has 106 valence electrons. The second kappa shape index (κ2) is 6.41. The van der Waals surface area contributed by atoms with E-state index in [-0.39, 0.29) is 17.4 Å². The molecule has 1 rings (SSSR count). The SMILES string of the molecule is CCC(CC)C(=O)N(C)Cc1cc(C(=O)O)c(C)o1. The number of carboxylic acid groups (broad SMARTS) is 1. The van der Waals surface area contributed by atoms with E-state index in [1.165, 1.54) is 6.07 Å². The number of aromatic carboxylic acids is 1. The van der Waals surface area contributed by atoms with Gasteiger partial charge in [-0.05, 0) is 25.8 Å². The molecule has 0 unspecified atom stereocenters. The molecule has 0 aliphatic rings. The van der Waals surface area contributed by atoms with Crippen molar-refractivity contribution in [3.8, 4) is 0 Å². The lowest BCUT2D eigenvalue weighted by Gasteiger charge is -2.21. The van der Waals surface area contributed by atoms with Gasteiger partial charge in [-0.1, -0.05) is 13.8 Å². The van der Waals surface area contributed by atoms with E-state index < -0.39 is 5.97 Å². The number of hydrogen-bond donors (Lipinski definition) is 1. The van der Waals surface area contributed by atoms with Gasteiger partial charge in [0.1, 0.15) is 17.1 Å². The number of furan rings is 1. The zero-order valence-electron chi connectivity index (χ0n) is 11.9. The monoisotopic (exact) mass is 267 g/mol. The average molecular weight is 267 g/mol. The molecule has 1 heterocycles. The first-order valence-corrected chi connectivity index (χ1v) is 6.48. The summed E-state index contributed by atoms with van der Waals surface area (Å²) >= 11 is 0. The summed E-state index contributed by atoms with van der Waals surface area (Å²) in [7, 11) is 1.71. The zero-order chi connectivity index (χ0) is 14.6. The fourth-order valence-electron chi connectivity index (χ4n) is 2.10. The first kappa shape index (κ1) is 15.3. The summed E-state index contributed by atoms with van der Waals surface area (Å²) in [5.41, 5.74) is 0.151. The topological polar surface area (TPSA) is 70.8 Å². The molecule has 0 fully saturated rings.